The number of hydrazone groups is 1. The van der Waals surface area contributed by atoms with Gasteiger partial charge in [0.1, 0.15) is 5.75 Å². The molecule has 0 aromatic heterocycles. The van der Waals surface area contributed by atoms with Gasteiger partial charge in [-0.05, 0) is 29.8 Å². The van der Waals surface area contributed by atoms with E-state index < -0.39 is 11.8 Å². The first kappa shape index (κ1) is 14.4. The van der Waals surface area contributed by atoms with Crippen molar-refractivity contribution in [3.8, 4) is 5.75 Å². The SMILES string of the molecule is C=CCNC(=O)C(=O)N/N=C\c1ccc(OC)cc1. The predicted octanol–water partition coefficient (Wildman–Crippen LogP) is 0.447. The molecule has 1 rings (SSSR count). The van der Waals surface area contributed by atoms with E-state index in [-0.39, 0.29) is 6.54 Å². The molecule has 2 N–H and O–H groups in total. The van der Waals surface area contributed by atoms with E-state index in [1.165, 1.54) is 12.3 Å². The number of rotatable bonds is 5. The van der Waals surface area contributed by atoms with Crippen LogP contribution >= 0.6 is 0 Å². The van der Waals surface area contributed by atoms with Crippen molar-refractivity contribution in [1.82, 2.24) is 10.7 Å². The van der Waals surface area contributed by atoms with Crippen molar-refractivity contribution in [1.29, 1.82) is 0 Å². The molecule has 6 nitrogen and oxygen atoms in total. The number of nitrogens with one attached hydrogen (secondary N) is 2. The first-order valence-electron chi connectivity index (χ1n) is 5.53. The van der Waals surface area contributed by atoms with Crippen molar-refractivity contribution in [2.24, 2.45) is 5.10 Å². The number of nitrogens with zero attached hydrogens (tertiary/aromatic N) is 1. The van der Waals surface area contributed by atoms with Crippen LogP contribution in [0.3, 0.4) is 0 Å². The van der Waals surface area contributed by atoms with Gasteiger partial charge in [-0.3, -0.25) is 9.59 Å². The Morgan fingerprint density at radius 3 is 2.58 bits per heavy atom. The first-order chi connectivity index (χ1) is 9.17. The van der Waals surface area contributed by atoms with Gasteiger partial charge in [0.15, 0.2) is 0 Å². The van der Waals surface area contributed by atoms with Gasteiger partial charge in [0.25, 0.3) is 0 Å². The van der Waals surface area contributed by atoms with Crippen LogP contribution in [0.25, 0.3) is 0 Å². The normalized spacial score (nSPS) is 9.95. The van der Waals surface area contributed by atoms with Crippen molar-refractivity contribution < 1.29 is 14.3 Å². The topological polar surface area (TPSA) is 79.8 Å². The molecule has 0 spiro atoms. The lowest BCUT2D eigenvalue weighted by Gasteiger charge is -2.00. The maximum atomic E-state index is 11.2. The predicted molar refractivity (Wildman–Crippen MR) is 71.9 cm³/mol. The molecule has 0 bridgehead atoms. The molecule has 0 aliphatic rings. The molecule has 0 aliphatic heterocycles. The molecular formula is C13H15N3O3. The lowest BCUT2D eigenvalue weighted by atomic mass is 10.2. The third kappa shape index (κ3) is 5.03. The van der Waals surface area contributed by atoms with E-state index in [0.717, 1.165) is 11.3 Å². The molecule has 0 unspecified atom stereocenters. The smallest absolute Gasteiger partial charge is 0.329 e. The number of amides is 2. The molecule has 1 aromatic carbocycles. The number of ether oxygens (including phenoxy) is 1. The lowest BCUT2D eigenvalue weighted by Crippen LogP contribution is -2.37. The second-order valence-corrected chi connectivity index (χ2v) is 3.47. The zero-order valence-corrected chi connectivity index (χ0v) is 10.6. The fourth-order valence-corrected chi connectivity index (χ4v) is 1.15. The summed E-state index contributed by atoms with van der Waals surface area (Å²) in [4.78, 5) is 22.4. The van der Waals surface area contributed by atoms with Gasteiger partial charge in [0, 0.05) is 6.54 Å². The van der Waals surface area contributed by atoms with E-state index in [2.05, 4.69) is 22.4 Å². The van der Waals surface area contributed by atoms with Gasteiger partial charge < -0.3 is 10.1 Å². The molecule has 6 heteroatoms. The van der Waals surface area contributed by atoms with E-state index in [1.54, 1.807) is 31.4 Å². The van der Waals surface area contributed by atoms with Crippen molar-refractivity contribution >= 4 is 18.0 Å². The number of carbonyl (C=O) groups is 2. The zero-order valence-electron chi connectivity index (χ0n) is 10.6. The van der Waals surface area contributed by atoms with Crippen LogP contribution in [0.4, 0.5) is 0 Å². The molecular weight excluding hydrogens is 246 g/mol. The van der Waals surface area contributed by atoms with E-state index in [0.29, 0.717) is 0 Å². The summed E-state index contributed by atoms with van der Waals surface area (Å²) < 4.78 is 5.01. The molecule has 0 saturated carbocycles. The molecule has 0 saturated heterocycles. The summed E-state index contributed by atoms with van der Waals surface area (Å²) in [7, 11) is 1.57. The van der Waals surface area contributed by atoms with Crippen LogP contribution in [0.2, 0.25) is 0 Å². The Morgan fingerprint density at radius 2 is 2.00 bits per heavy atom. The quantitative estimate of drug-likeness (QED) is 0.349. The molecule has 1 aromatic rings. The van der Waals surface area contributed by atoms with Gasteiger partial charge in [0.05, 0.1) is 13.3 Å². The Balaban J connectivity index is 2.46. The van der Waals surface area contributed by atoms with Gasteiger partial charge >= 0.3 is 11.8 Å². The van der Waals surface area contributed by atoms with Crippen molar-refractivity contribution in [3.63, 3.8) is 0 Å². The van der Waals surface area contributed by atoms with Crippen LogP contribution in [0.5, 0.6) is 5.75 Å². The highest BCUT2D eigenvalue weighted by Gasteiger charge is 2.10. The fourth-order valence-electron chi connectivity index (χ4n) is 1.15. The third-order valence-electron chi connectivity index (χ3n) is 2.11. The van der Waals surface area contributed by atoms with E-state index >= 15 is 0 Å². The maximum absolute atomic E-state index is 11.2. The van der Waals surface area contributed by atoms with Gasteiger partial charge in [-0.2, -0.15) is 5.10 Å². The summed E-state index contributed by atoms with van der Waals surface area (Å²) in [6.45, 7) is 3.65. The molecule has 19 heavy (non-hydrogen) atoms. The Hall–Kier alpha value is -2.63. The van der Waals surface area contributed by atoms with E-state index in [4.69, 9.17) is 4.74 Å². The second kappa shape index (κ2) is 7.65. The number of carbonyl (C=O) groups excluding carboxylic acids is 2. The van der Waals surface area contributed by atoms with Crippen LogP contribution in [0.15, 0.2) is 42.0 Å². The van der Waals surface area contributed by atoms with Crippen LogP contribution in [0.1, 0.15) is 5.56 Å². The highest BCUT2D eigenvalue weighted by atomic mass is 16.5. The average Bonchev–Trinajstić information content (AvgIpc) is 2.45. The minimum absolute atomic E-state index is 0.231. The fraction of sp³-hybridized carbons (Fsp3) is 0.154. The molecule has 0 fully saturated rings. The largest absolute Gasteiger partial charge is 0.497 e. The first-order valence-corrected chi connectivity index (χ1v) is 5.53. The summed E-state index contributed by atoms with van der Waals surface area (Å²) >= 11 is 0. The summed E-state index contributed by atoms with van der Waals surface area (Å²) in [6, 6.07) is 7.07. The van der Waals surface area contributed by atoms with Crippen molar-refractivity contribution in [2.45, 2.75) is 0 Å². The molecule has 0 atom stereocenters. The highest BCUT2D eigenvalue weighted by molar-refractivity contribution is 6.35. The Labute approximate surface area is 111 Å². The van der Waals surface area contributed by atoms with Crippen LogP contribution in [-0.4, -0.2) is 31.7 Å². The highest BCUT2D eigenvalue weighted by Crippen LogP contribution is 2.09. The summed E-state index contributed by atoms with van der Waals surface area (Å²) in [5.41, 5.74) is 2.89. The molecule has 2 amide bonds. The Morgan fingerprint density at radius 1 is 1.32 bits per heavy atom. The standard InChI is InChI=1S/C13H15N3O3/c1-3-8-14-12(17)13(18)16-15-9-10-4-6-11(19-2)7-5-10/h3-7,9H,1,8H2,2H3,(H,14,17)(H,16,18)/b15-9-. The van der Waals surface area contributed by atoms with E-state index in [9.17, 15) is 9.59 Å². The lowest BCUT2D eigenvalue weighted by molar-refractivity contribution is -0.139. The number of benzene rings is 1. The number of hydrogen-bond donors (Lipinski definition) is 2. The molecule has 0 radical (unpaired) electrons. The van der Waals surface area contributed by atoms with Gasteiger partial charge in [-0.1, -0.05) is 6.08 Å². The summed E-state index contributed by atoms with van der Waals surface area (Å²) in [5, 5.41) is 6.01. The van der Waals surface area contributed by atoms with Crippen LogP contribution in [0, 0.1) is 0 Å². The van der Waals surface area contributed by atoms with Gasteiger partial charge in [-0.25, -0.2) is 5.43 Å². The van der Waals surface area contributed by atoms with Crippen LogP contribution < -0.4 is 15.5 Å². The monoisotopic (exact) mass is 261 g/mol. The van der Waals surface area contributed by atoms with Gasteiger partial charge in [0.2, 0.25) is 0 Å². The Bertz CT molecular complexity index is 480. The molecule has 0 aliphatic carbocycles. The molecule has 100 valence electrons. The summed E-state index contributed by atoms with van der Waals surface area (Å²) in [5.74, 6) is -0.858. The third-order valence-corrected chi connectivity index (χ3v) is 2.11. The zero-order chi connectivity index (χ0) is 14.1. The minimum Gasteiger partial charge on any atom is -0.497 e. The molecule has 0 heterocycles. The van der Waals surface area contributed by atoms with Crippen LogP contribution in [-0.2, 0) is 9.59 Å². The maximum Gasteiger partial charge on any atom is 0.329 e. The Kier molecular flexibility index (Phi) is 5.81. The average molecular weight is 261 g/mol. The number of hydrogen-bond acceptors (Lipinski definition) is 4. The van der Waals surface area contributed by atoms with Gasteiger partial charge in [-0.15, -0.1) is 6.58 Å². The number of methoxy groups -OCH3 is 1. The van der Waals surface area contributed by atoms with Crippen molar-refractivity contribution in [2.75, 3.05) is 13.7 Å². The van der Waals surface area contributed by atoms with E-state index in [1.807, 2.05) is 0 Å². The second-order valence-electron chi connectivity index (χ2n) is 3.47. The summed E-state index contributed by atoms with van der Waals surface area (Å²) in [6.07, 6.45) is 2.91. The minimum atomic E-state index is -0.827. The van der Waals surface area contributed by atoms with Crippen molar-refractivity contribution in [3.05, 3.63) is 42.5 Å².